The molecule has 0 radical (unpaired) electrons. The Balaban J connectivity index is 1.53. The minimum atomic E-state index is -0.617. The lowest BCUT2D eigenvalue weighted by molar-refractivity contribution is -0.123. The molecule has 1 heterocycles. The van der Waals surface area contributed by atoms with E-state index in [2.05, 4.69) is 0 Å². The number of hydrogen-bond donors (Lipinski definition) is 0. The fraction of sp³-hybridized carbons (Fsp3) is 0.0800. The molecular weight excluding hydrogens is 462 g/mol. The molecule has 6 nitrogen and oxygen atoms in total. The van der Waals surface area contributed by atoms with Crippen LogP contribution in [0.5, 0.6) is 11.5 Å². The van der Waals surface area contributed by atoms with E-state index < -0.39 is 5.97 Å². The molecule has 0 atom stereocenters. The SMILES string of the molecule is COc1cc(/C=C2\SC(=O)N(Cc3ccccc3)C2=O)ccc1OC(=O)c1ccccc1Cl. The second kappa shape index (κ2) is 9.94. The number of rotatable bonds is 6. The topological polar surface area (TPSA) is 72.9 Å². The summed E-state index contributed by atoms with van der Waals surface area (Å²) in [6, 6.07) is 20.7. The van der Waals surface area contributed by atoms with E-state index in [1.54, 1.807) is 48.5 Å². The lowest BCUT2D eigenvalue weighted by Crippen LogP contribution is -2.27. The van der Waals surface area contributed by atoms with Gasteiger partial charge < -0.3 is 9.47 Å². The van der Waals surface area contributed by atoms with Gasteiger partial charge in [0.2, 0.25) is 0 Å². The van der Waals surface area contributed by atoms with Crippen molar-refractivity contribution < 1.29 is 23.9 Å². The fourth-order valence-corrected chi connectivity index (χ4v) is 4.24. The van der Waals surface area contributed by atoms with E-state index in [1.165, 1.54) is 12.0 Å². The normalized spacial score (nSPS) is 14.6. The Morgan fingerprint density at radius 3 is 2.45 bits per heavy atom. The predicted molar refractivity (Wildman–Crippen MR) is 127 cm³/mol. The summed E-state index contributed by atoms with van der Waals surface area (Å²) in [6.07, 6.45) is 1.61. The molecule has 0 bridgehead atoms. The third-order valence-electron chi connectivity index (χ3n) is 4.84. The number of ether oxygens (including phenoxy) is 2. The highest BCUT2D eigenvalue weighted by atomic mass is 35.5. The molecule has 1 aliphatic rings. The third-order valence-corrected chi connectivity index (χ3v) is 6.08. The Morgan fingerprint density at radius 1 is 1.00 bits per heavy atom. The first kappa shape index (κ1) is 22.6. The van der Waals surface area contributed by atoms with E-state index in [-0.39, 0.29) is 34.0 Å². The van der Waals surface area contributed by atoms with E-state index in [4.69, 9.17) is 21.1 Å². The molecule has 166 valence electrons. The average Bonchev–Trinajstić information content (AvgIpc) is 3.08. The first-order valence-electron chi connectivity index (χ1n) is 9.90. The second-order valence-electron chi connectivity index (χ2n) is 7.03. The maximum absolute atomic E-state index is 12.8. The van der Waals surface area contributed by atoms with Crippen LogP contribution in [0.3, 0.4) is 0 Å². The van der Waals surface area contributed by atoms with Crippen LogP contribution in [-0.4, -0.2) is 29.1 Å². The molecule has 1 fully saturated rings. The van der Waals surface area contributed by atoms with Crippen molar-refractivity contribution in [2.45, 2.75) is 6.54 Å². The molecule has 33 heavy (non-hydrogen) atoms. The number of imide groups is 1. The largest absolute Gasteiger partial charge is 0.493 e. The molecule has 4 rings (SSSR count). The molecule has 3 aromatic rings. The molecule has 0 spiro atoms. The first-order chi connectivity index (χ1) is 16.0. The summed E-state index contributed by atoms with van der Waals surface area (Å²) < 4.78 is 10.8. The number of esters is 1. The van der Waals surface area contributed by atoms with Gasteiger partial charge in [-0.25, -0.2) is 4.79 Å². The monoisotopic (exact) mass is 479 g/mol. The minimum Gasteiger partial charge on any atom is -0.493 e. The summed E-state index contributed by atoms with van der Waals surface area (Å²) in [5, 5.41) is -0.0447. The van der Waals surface area contributed by atoms with Crippen LogP contribution in [0.15, 0.2) is 77.7 Å². The smallest absolute Gasteiger partial charge is 0.345 e. The molecule has 1 aliphatic heterocycles. The summed E-state index contributed by atoms with van der Waals surface area (Å²) in [4.78, 5) is 39.2. The van der Waals surface area contributed by atoms with Crippen molar-refractivity contribution in [3.05, 3.63) is 99.4 Å². The molecule has 1 saturated heterocycles. The Hall–Kier alpha value is -3.55. The Morgan fingerprint density at radius 2 is 1.73 bits per heavy atom. The van der Waals surface area contributed by atoms with Gasteiger partial charge in [0.15, 0.2) is 11.5 Å². The molecule has 3 aromatic carbocycles. The molecule has 0 aromatic heterocycles. The fourth-order valence-electron chi connectivity index (χ4n) is 3.19. The van der Waals surface area contributed by atoms with Crippen LogP contribution in [0, 0.1) is 0 Å². The quantitative estimate of drug-likeness (QED) is 0.252. The van der Waals surface area contributed by atoms with Crippen LogP contribution in [0.2, 0.25) is 5.02 Å². The summed E-state index contributed by atoms with van der Waals surface area (Å²) >= 11 is 6.94. The number of amides is 2. The van der Waals surface area contributed by atoms with Crippen LogP contribution in [0.4, 0.5) is 4.79 Å². The van der Waals surface area contributed by atoms with Gasteiger partial charge in [0, 0.05) is 0 Å². The Labute approximate surface area is 199 Å². The van der Waals surface area contributed by atoms with Crippen LogP contribution in [-0.2, 0) is 11.3 Å². The number of carbonyl (C=O) groups excluding carboxylic acids is 3. The highest BCUT2D eigenvalue weighted by molar-refractivity contribution is 8.18. The Kier molecular flexibility index (Phi) is 6.82. The maximum Gasteiger partial charge on any atom is 0.345 e. The van der Waals surface area contributed by atoms with Crippen LogP contribution < -0.4 is 9.47 Å². The van der Waals surface area contributed by atoms with Crippen LogP contribution in [0.1, 0.15) is 21.5 Å². The summed E-state index contributed by atoms with van der Waals surface area (Å²) in [5.41, 5.74) is 1.72. The maximum atomic E-state index is 12.8. The molecule has 2 amide bonds. The average molecular weight is 480 g/mol. The van der Waals surface area contributed by atoms with Gasteiger partial charge in [-0.3, -0.25) is 14.5 Å². The van der Waals surface area contributed by atoms with E-state index in [1.807, 2.05) is 30.3 Å². The van der Waals surface area contributed by atoms with E-state index in [9.17, 15) is 14.4 Å². The van der Waals surface area contributed by atoms with E-state index in [0.717, 1.165) is 17.3 Å². The van der Waals surface area contributed by atoms with Gasteiger partial charge >= 0.3 is 5.97 Å². The van der Waals surface area contributed by atoms with Gasteiger partial charge in [-0.2, -0.15) is 0 Å². The van der Waals surface area contributed by atoms with Crippen LogP contribution in [0.25, 0.3) is 6.08 Å². The number of carbonyl (C=O) groups is 3. The zero-order chi connectivity index (χ0) is 23.4. The standard InChI is InChI=1S/C25H18ClNO5S/c1-31-21-13-17(11-12-20(21)32-24(29)18-9-5-6-10-19(18)26)14-22-23(28)27(25(30)33-22)15-16-7-3-2-4-8-16/h2-14H,15H2,1H3/b22-14-. The number of thioether (sulfide) groups is 1. The number of halogens is 1. The lowest BCUT2D eigenvalue weighted by Gasteiger charge is -2.12. The molecule has 0 saturated carbocycles. The number of hydrogen-bond acceptors (Lipinski definition) is 6. The lowest BCUT2D eigenvalue weighted by atomic mass is 10.1. The second-order valence-corrected chi connectivity index (χ2v) is 8.43. The summed E-state index contributed by atoms with van der Waals surface area (Å²) in [6.45, 7) is 0.211. The summed E-state index contributed by atoms with van der Waals surface area (Å²) in [7, 11) is 1.44. The van der Waals surface area contributed by atoms with Crippen molar-refractivity contribution in [2.75, 3.05) is 7.11 Å². The van der Waals surface area contributed by atoms with Gasteiger partial charge in [-0.1, -0.05) is 60.1 Å². The van der Waals surface area contributed by atoms with Gasteiger partial charge in [0.05, 0.1) is 29.1 Å². The summed E-state index contributed by atoms with van der Waals surface area (Å²) in [5.74, 6) is -0.472. The van der Waals surface area contributed by atoms with E-state index >= 15 is 0 Å². The van der Waals surface area contributed by atoms with Crippen LogP contribution >= 0.6 is 23.4 Å². The molecule has 8 heteroatoms. The zero-order valence-electron chi connectivity index (χ0n) is 17.5. The number of benzene rings is 3. The highest BCUT2D eigenvalue weighted by Gasteiger charge is 2.35. The number of methoxy groups -OCH3 is 1. The minimum absolute atomic E-state index is 0.205. The van der Waals surface area contributed by atoms with Crippen molar-refractivity contribution in [2.24, 2.45) is 0 Å². The molecular formula is C25H18ClNO5S. The molecule has 0 N–H and O–H groups in total. The van der Waals surface area contributed by atoms with Crippen molar-refractivity contribution in [1.29, 1.82) is 0 Å². The van der Waals surface area contributed by atoms with Gasteiger partial charge in [0.25, 0.3) is 11.1 Å². The molecule has 0 aliphatic carbocycles. The first-order valence-corrected chi connectivity index (χ1v) is 11.1. The zero-order valence-corrected chi connectivity index (χ0v) is 19.1. The van der Waals surface area contributed by atoms with Gasteiger partial charge in [-0.15, -0.1) is 0 Å². The Bertz CT molecular complexity index is 1260. The number of nitrogens with zero attached hydrogens (tertiary/aromatic N) is 1. The van der Waals surface area contributed by atoms with Crippen molar-refractivity contribution in [1.82, 2.24) is 4.90 Å². The molecule has 0 unspecified atom stereocenters. The van der Waals surface area contributed by atoms with Gasteiger partial charge in [-0.05, 0) is 53.2 Å². The third kappa shape index (κ3) is 5.10. The van der Waals surface area contributed by atoms with Crippen molar-refractivity contribution in [3.8, 4) is 11.5 Å². The predicted octanol–water partition coefficient (Wildman–Crippen LogP) is 5.80. The van der Waals surface area contributed by atoms with E-state index in [0.29, 0.717) is 16.2 Å². The van der Waals surface area contributed by atoms with Crippen molar-refractivity contribution >= 4 is 46.6 Å². The highest BCUT2D eigenvalue weighted by Crippen LogP contribution is 2.35. The van der Waals surface area contributed by atoms with Crippen molar-refractivity contribution in [3.63, 3.8) is 0 Å². The van der Waals surface area contributed by atoms with Gasteiger partial charge in [0.1, 0.15) is 0 Å².